The predicted octanol–water partition coefficient (Wildman–Crippen LogP) is 6.89. The highest BCUT2D eigenvalue weighted by molar-refractivity contribution is 7.21. The Morgan fingerprint density at radius 3 is 2.31 bits per heavy atom. The number of rotatable bonds is 5. The van der Waals surface area contributed by atoms with Gasteiger partial charge in [-0.05, 0) is 35.9 Å². The number of nitrogens with zero attached hydrogens (tertiary/aromatic N) is 2. The van der Waals surface area contributed by atoms with Crippen molar-refractivity contribution in [2.75, 3.05) is 5.32 Å². The zero-order valence-electron chi connectivity index (χ0n) is 15.4. The fourth-order valence-electron chi connectivity index (χ4n) is 3.10. The van der Waals surface area contributed by atoms with E-state index in [2.05, 4.69) is 33.5 Å². The molecule has 0 saturated heterocycles. The fraction of sp³-hybridized carbons (Fsp3) is 0. The second-order valence-electron chi connectivity index (χ2n) is 6.45. The van der Waals surface area contributed by atoms with Crippen LogP contribution in [0.2, 0.25) is 0 Å². The first-order valence-electron chi connectivity index (χ1n) is 9.26. The Balaban J connectivity index is 1.50. The normalized spacial score (nSPS) is 10.8. The number of fused-ring (bicyclic) bond motifs is 1. The van der Waals surface area contributed by atoms with Crippen LogP contribution in [0.4, 0.5) is 11.5 Å². The van der Waals surface area contributed by atoms with Gasteiger partial charge in [-0.25, -0.2) is 9.97 Å². The van der Waals surface area contributed by atoms with Crippen molar-refractivity contribution in [2.45, 2.75) is 0 Å². The van der Waals surface area contributed by atoms with Crippen molar-refractivity contribution >= 4 is 33.1 Å². The molecule has 140 valence electrons. The van der Waals surface area contributed by atoms with Crippen LogP contribution in [0.5, 0.6) is 11.5 Å². The van der Waals surface area contributed by atoms with E-state index in [1.807, 2.05) is 72.8 Å². The lowest BCUT2D eigenvalue weighted by atomic mass is 10.2. The number of hydrogen-bond acceptors (Lipinski definition) is 5. The standard InChI is InChI=1S/C24H17N3OS/c1-3-9-17(10-4-1)22-15-19-23(25-16-26-24(19)29-22)27-20-13-7-8-14-21(20)28-18-11-5-2-6-12-18/h1-16H,(H,25,26,27). The van der Waals surface area contributed by atoms with Crippen LogP contribution < -0.4 is 10.1 Å². The number of anilines is 2. The van der Waals surface area contributed by atoms with E-state index < -0.39 is 0 Å². The van der Waals surface area contributed by atoms with Crippen LogP contribution in [0, 0.1) is 0 Å². The Labute approximate surface area is 172 Å². The third-order valence-electron chi connectivity index (χ3n) is 4.50. The van der Waals surface area contributed by atoms with Gasteiger partial charge in [0.2, 0.25) is 0 Å². The van der Waals surface area contributed by atoms with E-state index in [0.29, 0.717) is 0 Å². The number of benzene rings is 3. The Morgan fingerprint density at radius 2 is 1.48 bits per heavy atom. The van der Waals surface area contributed by atoms with Crippen molar-refractivity contribution in [3.63, 3.8) is 0 Å². The summed E-state index contributed by atoms with van der Waals surface area (Å²) in [6, 6.07) is 30.1. The topological polar surface area (TPSA) is 47.0 Å². The SMILES string of the molecule is c1ccc(Oc2ccccc2Nc2ncnc3sc(-c4ccccc4)cc23)cc1. The van der Waals surface area contributed by atoms with Gasteiger partial charge in [0, 0.05) is 4.88 Å². The van der Waals surface area contributed by atoms with Crippen molar-refractivity contribution in [1.29, 1.82) is 0 Å². The second-order valence-corrected chi connectivity index (χ2v) is 7.48. The molecule has 4 nitrogen and oxygen atoms in total. The van der Waals surface area contributed by atoms with Gasteiger partial charge >= 0.3 is 0 Å². The average Bonchev–Trinajstić information content (AvgIpc) is 3.22. The Bertz CT molecular complexity index is 1250. The van der Waals surface area contributed by atoms with Crippen LogP contribution in [0.25, 0.3) is 20.7 Å². The molecule has 0 aliphatic rings. The highest BCUT2D eigenvalue weighted by Crippen LogP contribution is 2.37. The van der Waals surface area contributed by atoms with Gasteiger partial charge in [0.25, 0.3) is 0 Å². The van der Waals surface area contributed by atoms with Crippen molar-refractivity contribution in [2.24, 2.45) is 0 Å². The lowest BCUT2D eigenvalue weighted by Crippen LogP contribution is -1.97. The number of nitrogens with one attached hydrogen (secondary N) is 1. The van der Waals surface area contributed by atoms with Gasteiger partial charge < -0.3 is 10.1 Å². The summed E-state index contributed by atoms with van der Waals surface area (Å²) in [6.07, 6.45) is 1.59. The molecule has 2 heterocycles. The molecule has 0 radical (unpaired) electrons. The zero-order chi connectivity index (χ0) is 19.5. The largest absolute Gasteiger partial charge is 0.455 e. The highest BCUT2D eigenvalue weighted by Gasteiger charge is 2.12. The molecule has 2 aromatic heterocycles. The van der Waals surface area contributed by atoms with Gasteiger partial charge in [-0.15, -0.1) is 11.3 Å². The van der Waals surface area contributed by atoms with Crippen LogP contribution in [-0.4, -0.2) is 9.97 Å². The molecule has 0 fully saturated rings. The molecule has 1 N–H and O–H groups in total. The summed E-state index contributed by atoms with van der Waals surface area (Å²) in [5.74, 6) is 2.29. The molecule has 5 heteroatoms. The lowest BCUT2D eigenvalue weighted by molar-refractivity contribution is 0.485. The van der Waals surface area contributed by atoms with Crippen molar-refractivity contribution in [3.8, 4) is 21.9 Å². The lowest BCUT2D eigenvalue weighted by Gasteiger charge is -2.12. The molecule has 0 aliphatic carbocycles. The number of aromatic nitrogens is 2. The smallest absolute Gasteiger partial charge is 0.150 e. The molecule has 0 saturated carbocycles. The molecule has 0 unspecified atom stereocenters. The number of thiophene rings is 1. The van der Waals surface area contributed by atoms with Crippen LogP contribution in [0.3, 0.4) is 0 Å². The van der Waals surface area contributed by atoms with E-state index in [1.54, 1.807) is 17.7 Å². The Morgan fingerprint density at radius 1 is 0.759 bits per heavy atom. The quantitative estimate of drug-likeness (QED) is 0.352. The van der Waals surface area contributed by atoms with E-state index in [9.17, 15) is 0 Å². The van der Waals surface area contributed by atoms with Gasteiger partial charge in [-0.2, -0.15) is 0 Å². The summed E-state index contributed by atoms with van der Waals surface area (Å²) < 4.78 is 6.07. The van der Waals surface area contributed by atoms with Crippen LogP contribution >= 0.6 is 11.3 Å². The van der Waals surface area contributed by atoms with Gasteiger partial charge in [0.05, 0.1) is 11.1 Å². The summed E-state index contributed by atoms with van der Waals surface area (Å²) in [7, 11) is 0. The van der Waals surface area contributed by atoms with E-state index in [1.165, 1.54) is 5.56 Å². The first kappa shape index (κ1) is 17.4. The molecule has 0 amide bonds. The average molecular weight is 395 g/mol. The molecule has 0 aliphatic heterocycles. The summed E-state index contributed by atoms with van der Waals surface area (Å²) in [6.45, 7) is 0. The van der Waals surface area contributed by atoms with Gasteiger partial charge in [0.15, 0.2) is 5.75 Å². The number of hydrogen-bond donors (Lipinski definition) is 1. The van der Waals surface area contributed by atoms with E-state index in [-0.39, 0.29) is 0 Å². The number of ether oxygens (including phenoxy) is 1. The summed E-state index contributed by atoms with van der Waals surface area (Å²) >= 11 is 1.66. The monoisotopic (exact) mass is 395 g/mol. The van der Waals surface area contributed by atoms with E-state index in [4.69, 9.17) is 4.74 Å². The van der Waals surface area contributed by atoms with E-state index in [0.717, 1.165) is 38.1 Å². The van der Waals surface area contributed by atoms with Crippen LogP contribution in [-0.2, 0) is 0 Å². The first-order valence-corrected chi connectivity index (χ1v) is 10.1. The molecule has 3 aromatic carbocycles. The molecular weight excluding hydrogens is 378 g/mol. The second kappa shape index (κ2) is 7.73. The van der Waals surface area contributed by atoms with Gasteiger partial charge in [-0.3, -0.25) is 0 Å². The van der Waals surface area contributed by atoms with Crippen molar-refractivity contribution in [1.82, 2.24) is 9.97 Å². The minimum atomic E-state index is 0.740. The summed E-state index contributed by atoms with van der Waals surface area (Å²) in [4.78, 5) is 11.1. The molecule has 5 rings (SSSR count). The maximum absolute atomic E-state index is 6.07. The van der Waals surface area contributed by atoms with E-state index >= 15 is 0 Å². The molecule has 0 bridgehead atoms. The van der Waals surface area contributed by atoms with Gasteiger partial charge in [-0.1, -0.05) is 60.7 Å². The zero-order valence-corrected chi connectivity index (χ0v) is 16.3. The molecular formula is C24H17N3OS. The summed E-state index contributed by atoms with van der Waals surface area (Å²) in [5, 5.41) is 4.42. The maximum Gasteiger partial charge on any atom is 0.150 e. The maximum atomic E-state index is 6.07. The minimum Gasteiger partial charge on any atom is -0.455 e. The number of para-hydroxylation sites is 3. The molecule has 5 aromatic rings. The molecule has 0 atom stereocenters. The Kier molecular flexibility index (Phi) is 4.64. The minimum absolute atomic E-state index is 0.740. The Hall–Kier alpha value is -3.70. The van der Waals surface area contributed by atoms with Crippen LogP contribution in [0.1, 0.15) is 0 Å². The third kappa shape index (κ3) is 3.68. The summed E-state index contributed by atoms with van der Waals surface area (Å²) in [5.41, 5.74) is 2.03. The van der Waals surface area contributed by atoms with Crippen molar-refractivity contribution < 1.29 is 4.74 Å². The molecule has 0 spiro atoms. The van der Waals surface area contributed by atoms with Gasteiger partial charge in [0.1, 0.15) is 22.7 Å². The molecule has 29 heavy (non-hydrogen) atoms. The first-order chi connectivity index (χ1) is 14.4. The highest BCUT2D eigenvalue weighted by atomic mass is 32.1. The fourth-order valence-corrected chi connectivity index (χ4v) is 4.11. The third-order valence-corrected chi connectivity index (χ3v) is 5.59. The van der Waals surface area contributed by atoms with Crippen LogP contribution in [0.15, 0.2) is 97.3 Å². The predicted molar refractivity (Wildman–Crippen MR) is 119 cm³/mol. The van der Waals surface area contributed by atoms with Crippen molar-refractivity contribution in [3.05, 3.63) is 97.3 Å².